The summed E-state index contributed by atoms with van der Waals surface area (Å²) in [5.74, 6) is 1.57. The number of imidazole rings is 1. The van der Waals surface area contributed by atoms with E-state index in [-0.39, 0.29) is 6.04 Å². The van der Waals surface area contributed by atoms with Crippen LogP contribution in [0.1, 0.15) is 18.8 Å². The Hall–Kier alpha value is -2.27. The normalized spacial score (nSPS) is 12.8. The summed E-state index contributed by atoms with van der Waals surface area (Å²) < 4.78 is 1.95. The Morgan fingerprint density at radius 2 is 1.94 bits per heavy atom. The van der Waals surface area contributed by atoms with Crippen LogP contribution in [0.25, 0.3) is 17.0 Å². The standard InChI is InChI=1S/C13H13N5/c1-9(14)13-17-12-10(5-4-8-16-12)18(13)11-6-2-3-7-15-11/h2-9H,14H2,1H3/t9-/m0/s1. The fourth-order valence-corrected chi connectivity index (χ4v) is 1.96. The molecule has 3 aromatic heterocycles. The Bertz CT molecular complexity index is 672. The van der Waals surface area contributed by atoms with E-state index in [0.29, 0.717) is 5.65 Å². The molecule has 18 heavy (non-hydrogen) atoms. The van der Waals surface area contributed by atoms with Gasteiger partial charge in [0.15, 0.2) is 5.65 Å². The van der Waals surface area contributed by atoms with Crippen LogP contribution in [0.15, 0.2) is 42.7 Å². The zero-order valence-electron chi connectivity index (χ0n) is 9.99. The number of pyridine rings is 2. The molecule has 0 aliphatic rings. The molecule has 0 amide bonds. The summed E-state index contributed by atoms with van der Waals surface area (Å²) in [5, 5.41) is 0. The lowest BCUT2D eigenvalue weighted by molar-refractivity contribution is 0.721. The Morgan fingerprint density at radius 1 is 1.11 bits per heavy atom. The molecule has 0 fully saturated rings. The van der Waals surface area contributed by atoms with Crippen LogP contribution in [-0.2, 0) is 0 Å². The van der Waals surface area contributed by atoms with Crippen molar-refractivity contribution in [1.29, 1.82) is 0 Å². The Labute approximate surface area is 104 Å². The first-order chi connectivity index (χ1) is 8.77. The first-order valence-corrected chi connectivity index (χ1v) is 5.78. The largest absolute Gasteiger partial charge is 0.322 e. The van der Waals surface area contributed by atoms with Gasteiger partial charge in [-0.05, 0) is 31.2 Å². The van der Waals surface area contributed by atoms with Crippen LogP contribution < -0.4 is 5.73 Å². The zero-order valence-corrected chi connectivity index (χ0v) is 9.99. The molecule has 0 aliphatic carbocycles. The van der Waals surface area contributed by atoms with Crippen molar-refractivity contribution in [3.63, 3.8) is 0 Å². The third-order valence-corrected chi connectivity index (χ3v) is 2.74. The van der Waals surface area contributed by atoms with Crippen molar-refractivity contribution in [1.82, 2.24) is 19.5 Å². The van der Waals surface area contributed by atoms with Crippen molar-refractivity contribution in [2.24, 2.45) is 5.73 Å². The smallest absolute Gasteiger partial charge is 0.178 e. The first kappa shape index (κ1) is 10.9. The minimum Gasteiger partial charge on any atom is -0.322 e. The van der Waals surface area contributed by atoms with Crippen molar-refractivity contribution in [3.05, 3.63) is 48.5 Å². The van der Waals surface area contributed by atoms with Crippen LogP contribution in [0.2, 0.25) is 0 Å². The van der Waals surface area contributed by atoms with Crippen molar-refractivity contribution >= 4 is 11.2 Å². The van der Waals surface area contributed by atoms with E-state index in [0.717, 1.165) is 17.2 Å². The molecule has 3 rings (SSSR count). The monoisotopic (exact) mass is 239 g/mol. The van der Waals surface area contributed by atoms with E-state index in [2.05, 4.69) is 15.0 Å². The third-order valence-electron chi connectivity index (χ3n) is 2.74. The van der Waals surface area contributed by atoms with Gasteiger partial charge >= 0.3 is 0 Å². The maximum Gasteiger partial charge on any atom is 0.178 e. The minimum atomic E-state index is -0.179. The van der Waals surface area contributed by atoms with Gasteiger partial charge in [-0.15, -0.1) is 0 Å². The van der Waals surface area contributed by atoms with Gasteiger partial charge in [0.05, 0.1) is 11.6 Å². The molecule has 0 unspecified atom stereocenters. The van der Waals surface area contributed by atoms with E-state index in [4.69, 9.17) is 5.73 Å². The summed E-state index contributed by atoms with van der Waals surface area (Å²) in [6, 6.07) is 9.42. The molecule has 1 atom stereocenters. The van der Waals surface area contributed by atoms with Crippen LogP contribution in [0.4, 0.5) is 0 Å². The van der Waals surface area contributed by atoms with Gasteiger partial charge < -0.3 is 5.73 Å². The molecule has 3 aromatic rings. The summed E-state index contributed by atoms with van der Waals surface area (Å²) in [4.78, 5) is 13.1. The SMILES string of the molecule is C[C@H](N)c1nc2ncccc2n1-c1ccccn1. The number of nitrogens with zero attached hydrogens (tertiary/aromatic N) is 4. The van der Waals surface area contributed by atoms with Crippen LogP contribution in [-0.4, -0.2) is 19.5 Å². The highest BCUT2D eigenvalue weighted by Crippen LogP contribution is 2.21. The maximum absolute atomic E-state index is 5.98. The van der Waals surface area contributed by atoms with E-state index in [1.54, 1.807) is 12.4 Å². The van der Waals surface area contributed by atoms with Crippen LogP contribution in [0.5, 0.6) is 0 Å². The average molecular weight is 239 g/mol. The predicted molar refractivity (Wildman–Crippen MR) is 69.3 cm³/mol. The first-order valence-electron chi connectivity index (χ1n) is 5.78. The summed E-state index contributed by atoms with van der Waals surface area (Å²) in [7, 11) is 0. The maximum atomic E-state index is 5.98. The van der Waals surface area contributed by atoms with Gasteiger partial charge in [-0.3, -0.25) is 4.57 Å². The third kappa shape index (κ3) is 1.65. The van der Waals surface area contributed by atoms with E-state index >= 15 is 0 Å². The molecule has 0 radical (unpaired) electrons. The van der Waals surface area contributed by atoms with E-state index in [9.17, 15) is 0 Å². The Morgan fingerprint density at radius 3 is 2.67 bits per heavy atom. The topological polar surface area (TPSA) is 69.6 Å². The number of nitrogens with two attached hydrogens (primary N) is 1. The molecule has 90 valence electrons. The highest BCUT2D eigenvalue weighted by Gasteiger charge is 2.16. The molecule has 2 N–H and O–H groups in total. The molecule has 5 heteroatoms. The molecule has 0 spiro atoms. The molecular formula is C13H13N5. The highest BCUT2D eigenvalue weighted by molar-refractivity contribution is 5.73. The fraction of sp³-hybridized carbons (Fsp3) is 0.154. The summed E-state index contributed by atoms with van der Waals surface area (Å²) in [5.41, 5.74) is 7.59. The van der Waals surface area contributed by atoms with Gasteiger partial charge in [0.2, 0.25) is 0 Å². The molecular weight excluding hydrogens is 226 g/mol. The second kappa shape index (κ2) is 4.19. The van der Waals surface area contributed by atoms with Crippen LogP contribution in [0.3, 0.4) is 0 Å². The van der Waals surface area contributed by atoms with Crippen molar-refractivity contribution in [2.75, 3.05) is 0 Å². The second-order valence-electron chi connectivity index (χ2n) is 4.13. The molecule has 0 aromatic carbocycles. The zero-order chi connectivity index (χ0) is 12.5. The van der Waals surface area contributed by atoms with Crippen molar-refractivity contribution < 1.29 is 0 Å². The minimum absolute atomic E-state index is 0.179. The van der Waals surface area contributed by atoms with Gasteiger partial charge in [0, 0.05) is 12.4 Å². The van der Waals surface area contributed by atoms with Gasteiger partial charge in [-0.1, -0.05) is 6.07 Å². The van der Waals surface area contributed by atoms with Crippen molar-refractivity contribution in [3.8, 4) is 5.82 Å². The summed E-state index contributed by atoms with van der Waals surface area (Å²) in [6.07, 6.45) is 3.48. The Kier molecular flexibility index (Phi) is 2.53. The molecule has 0 aliphatic heterocycles. The Balaban J connectivity index is 2.35. The van der Waals surface area contributed by atoms with Crippen LogP contribution in [0, 0.1) is 0 Å². The summed E-state index contributed by atoms with van der Waals surface area (Å²) >= 11 is 0. The van der Waals surface area contributed by atoms with Gasteiger partial charge in [0.25, 0.3) is 0 Å². The van der Waals surface area contributed by atoms with Crippen molar-refractivity contribution in [2.45, 2.75) is 13.0 Å². The van der Waals surface area contributed by atoms with Gasteiger partial charge in [-0.25, -0.2) is 15.0 Å². The number of aromatic nitrogens is 4. The number of fused-ring (bicyclic) bond motifs is 1. The molecule has 0 bridgehead atoms. The summed E-state index contributed by atoms with van der Waals surface area (Å²) in [6.45, 7) is 1.90. The number of rotatable bonds is 2. The molecule has 3 heterocycles. The quantitative estimate of drug-likeness (QED) is 0.740. The lowest BCUT2D eigenvalue weighted by Crippen LogP contribution is -2.13. The average Bonchev–Trinajstić information content (AvgIpc) is 2.79. The number of hydrogen-bond acceptors (Lipinski definition) is 4. The van der Waals surface area contributed by atoms with E-state index in [1.165, 1.54) is 0 Å². The van der Waals surface area contributed by atoms with E-state index in [1.807, 2.05) is 41.8 Å². The number of hydrogen-bond donors (Lipinski definition) is 1. The predicted octanol–water partition coefficient (Wildman–Crippen LogP) is 1.84. The lowest BCUT2D eigenvalue weighted by atomic mass is 10.3. The second-order valence-corrected chi connectivity index (χ2v) is 4.13. The highest BCUT2D eigenvalue weighted by atomic mass is 15.2. The van der Waals surface area contributed by atoms with Crippen LogP contribution >= 0.6 is 0 Å². The van der Waals surface area contributed by atoms with Gasteiger partial charge in [-0.2, -0.15) is 0 Å². The molecule has 5 nitrogen and oxygen atoms in total. The van der Waals surface area contributed by atoms with E-state index < -0.39 is 0 Å². The lowest BCUT2D eigenvalue weighted by Gasteiger charge is -2.09. The van der Waals surface area contributed by atoms with Gasteiger partial charge in [0.1, 0.15) is 11.6 Å². The fourth-order valence-electron chi connectivity index (χ4n) is 1.96. The molecule has 0 saturated heterocycles. The molecule has 0 saturated carbocycles.